The predicted octanol–water partition coefficient (Wildman–Crippen LogP) is 4.13. The van der Waals surface area contributed by atoms with Crippen LogP contribution in [-0.2, 0) is 4.74 Å². The summed E-state index contributed by atoms with van der Waals surface area (Å²) in [5, 5.41) is 0. The zero-order valence-corrected chi connectivity index (χ0v) is 11.7. The molecule has 20 heavy (non-hydrogen) atoms. The van der Waals surface area contributed by atoms with Crippen LogP contribution in [0, 0.1) is 17.6 Å². The van der Waals surface area contributed by atoms with Gasteiger partial charge in [-0.1, -0.05) is 26.2 Å². The third-order valence-corrected chi connectivity index (χ3v) is 4.00. The topological polar surface area (TPSA) is 26.3 Å². The Morgan fingerprint density at radius 2 is 2.10 bits per heavy atom. The van der Waals surface area contributed by atoms with Crippen molar-refractivity contribution in [3.8, 4) is 0 Å². The van der Waals surface area contributed by atoms with E-state index in [9.17, 15) is 13.6 Å². The van der Waals surface area contributed by atoms with Gasteiger partial charge in [-0.15, -0.1) is 0 Å². The van der Waals surface area contributed by atoms with E-state index in [1.807, 2.05) is 0 Å². The minimum atomic E-state index is -1.00. The van der Waals surface area contributed by atoms with Crippen molar-refractivity contribution in [1.29, 1.82) is 0 Å². The van der Waals surface area contributed by atoms with Crippen molar-refractivity contribution in [2.24, 2.45) is 5.92 Å². The summed E-state index contributed by atoms with van der Waals surface area (Å²) in [6, 6.07) is 3.19. The first-order chi connectivity index (χ1) is 9.60. The summed E-state index contributed by atoms with van der Waals surface area (Å²) in [5.74, 6) is -1.57. The number of hydrogen-bond donors (Lipinski definition) is 0. The van der Waals surface area contributed by atoms with Gasteiger partial charge in [0, 0.05) is 5.56 Å². The normalized spacial score (nSPS) is 22.8. The lowest BCUT2D eigenvalue weighted by Gasteiger charge is -2.28. The first kappa shape index (κ1) is 15.1. The van der Waals surface area contributed by atoms with E-state index < -0.39 is 11.6 Å². The molecule has 1 fully saturated rings. The zero-order valence-electron chi connectivity index (χ0n) is 11.7. The number of ketones is 1. The minimum absolute atomic E-state index is 0.0633. The highest BCUT2D eigenvalue weighted by atomic mass is 19.2. The number of benzene rings is 1. The summed E-state index contributed by atoms with van der Waals surface area (Å²) in [5.41, 5.74) is 0.159. The fourth-order valence-electron chi connectivity index (χ4n) is 2.71. The number of hydrogen-bond acceptors (Lipinski definition) is 2. The number of ether oxygens (including phenoxy) is 1. The van der Waals surface area contributed by atoms with Crippen molar-refractivity contribution in [3.63, 3.8) is 0 Å². The molecule has 110 valence electrons. The second-order valence-electron chi connectivity index (χ2n) is 5.43. The Bertz CT molecular complexity index is 474. The summed E-state index contributed by atoms with van der Waals surface area (Å²) in [6.07, 6.45) is 5.57. The van der Waals surface area contributed by atoms with E-state index in [2.05, 4.69) is 6.92 Å². The molecular weight excluding hydrogens is 262 g/mol. The first-order valence-electron chi connectivity index (χ1n) is 7.20. The summed E-state index contributed by atoms with van der Waals surface area (Å²) >= 11 is 0. The van der Waals surface area contributed by atoms with Gasteiger partial charge in [0.2, 0.25) is 0 Å². The Morgan fingerprint density at radius 3 is 2.80 bits per heavy atom. The fraction of sp³-hybridized carbons (Fsp3) is 0.562. The Kier molecular flexibility index (Phi) is 5.24. The van der Waals surface area contributed by atoms with Gasteiger partial charge in [-0.2, -0.15) is 0 Å². The highest BCUT2D eigenvalue weighted by Gasteiger charge is 2.22. The van der Waals surface area contributed by atoms with Crippen LogP contribution in [0.3, 0.4) is 0 Å². The SMILES string of the molecule is CCC1CCCC(OCC(=O)c2ccc(F)c(F)c2)C1. The van der Waals surface area contributed by atoms with Crippen LogP contribution in [0.1, 0.15) is 49.4 Å². The molecule has 4 heteroatoms. The molecule has 0 heterocycles. The van der Waals surface area contributed by atoms with Crippen LogP contribution in [0.2, 0.25) is 0 Å². The monoisotopic (exact) mass is 282 g/mol. The van der Waals surface area contributed by atoms with Gasteiger partial charge in [-0.25, -0.2) is 8.78 Å². The average molecular weight is 282 g/mol. The summed E-state index contributed by atoms with van der Waals surface area (Å²) in [4.78, 5) is 11.9. The molecule has 0 amide bonds. The highest BCUT2D eigenvalue weighted by molar-refractivity contribution is 5.97. The molecule has 2 unspecified atom stereocenters. The number of halogens is 2. The lowest BCUT2D eigenvalue weighted by molar-refractivity contribution is 0.0156. The van der Waals surface area contributed by atoms with Gasteiger partial charge in [-0.3, -0.25) is 4.79 Å². The van der Waals surface area contributed by atoms with E-state index in [0.29, 0.717) is 5.92 Å². The lowest BCUT2D eigenvalue weighted by Crippen LogP contribution is -2.25. The largest absolute Gasteiger partial charge is 0.370 e. The van der Waals surface area contributed by atoms with Crippen molar-refractivity contribution >= 4 is 5.78 Å². The van der Waals surface area contributed by atoms with E-state index in [0.717, 1.165) is 37.8 Å². The van der Waals surface area contributed by atoms with E-state index in [4.69, 9.17) is 4.74 Å². The van der Waals surface area contributed by atoms with Crippen LogP contribution in [0.4, 0.5) is 8.78 Å². The molecule has 0 N–H and O–H groups in total. The molecule has 2 atom stereocenters. The molecule has 0 saturated heterocycles. The lowest BCUT2D eigenvalue weighted by atomic mass is 9.85. The zero-order chi connectivity index (χ0) is 14.5. The Labute approximate surface area is 118 Å². The first-order valence-corrected chi connectivity index (χ1v) is 7.20. The van der Waals surface area contributed by atoms with Crippen molar-refractivity contribution in [3.05, 3.63) is 35.4 Å². The van der Waals surface area contributed by atoms with Gasteiger partial charge >= 0.3 is 0 Å². The number of rotatable bonds is 5. The molecule has 1 aromatic carbocycles. The predicted molar refractivity (Wildman–Crippen MR) is 72.7 cm³/mol. The van der Waals surface area contributed by atoms with Crippen LogP contribution in [0.25, 0.3) is 0 Å². The molecule has 0 aliphatic heterocycles. The average Bonchev–Trinajstić information content (AvgIpc) is 2.47. The fourth-order valence-corrected chi connectivity index (χ4v) is 2.71. The second kappa shape index (κ2) is 6.93. The van der Waals surface area contributed by atoms with E-state index in [1.54, 1.807) is 0 Å². The minimum Gasteiger partial charge on any atom is -0.370 e. The van der Waals surface area contributed by atoms with Crippen molar-refractivity contribution in [2.75, 3.05) is 6.61 Å². The van der Waals surface area contributed by atoms with Crippen LogP contribution < -0.4 is 0 Å². The molecule has 0 spiro atoms. The molecule has 1 aliphatic rings. The van der Waals surface area contributed by atoms with Gasteiger partial charge in [0.1, 0.15) is 6.61 Å². The Morgan fingerprint density at radius 1 is 1.30 bits per heavy atom. The van der Waals surface area contributed by atoms with Gasteiger partial charge in [-0.05, 0) is 37.0 Å². The van der Waals surface area contributed by atoms with Crippen molar-refractivity contribution < 1.29 is 18.3 Å². The maximum Gasteiger partial charge on any atom is 0.188 e. The summed E-state index contributed by atoms with van der Waals surface area (Å²) < 4.78 is 31.5. The summed E-state index contributed by atoms with van der Waals surface area (Å²) in [7, 11) is 0. The second-order valence-corrected chi connectivity index (χ2v) is 5.43. The standard InChI is InChI=1S/C16H20F2O2/c1-2-11-4-3-5-13(8-11)20-10-16(19)12-6-7-14(17)15(18)9-12/h6-7,9,11,13H,2-5,8,10H2,1H3. The molecule has 0 bridgehead atoms. The maximum atomic E-state index is 13.1. The smallest absolute Gasteiger partial charge is 0.188 e. The summed E-state index contributed by atoms with van der Waals surface area (Å²) in [6.45, 7) is 2.10. The van der Waals surface area contributed by atoms with Gasteiger partial charge in [0.05, 0.1) is 6.10 Å². The molecule has 2 rings (SSSR count). The number of carbonyl (C=O) groups excluding carboxylic acids is 1. The molecule has 1 aliphatic carbocycles. The number of carbonyl (C=O) groups is 1. The van der Waals surface area contributed by atoms with Gasteiger partial charge in [0.25, 0.3) is 0 Å². The van der Waals surface area contributed by atoms with Gasteiger partial charge in [0.15, 0.2) is 17.4 Å². The molecular formula is C16H20F2O2. The Hall–Kier alpha value is -1.29. The van der Waals surface area contributed by atoms with Gasteiger partial charge < -0.3 is 4.74 Å². The van der Waals surface area contributed by atoms with Crippen LogP contribution in [0.15, 0.2) is 18.2 Å². The van der Waals surface area contributed by atoms with Crippen LogP contribution in [0.5, 0.6) is 0 Å². The molecule has 0 radical (unpaired) electrons. The van der Waals surface area contributed by atoms with Crippen LogP contribution >= 0.6 is 0 Å². The molecule has 1 saturated carbocycles. The third kappa shape index (κ3) is 3.85. The highest BCUT2D eigenvalue weighted by Crippen LogP contribution is 2.28. The van der Waals surface area contributed by atoms with E-state index >= 15 is 0 Å². The molecule has 2 nitrogen and oxygen atoms in total. The number of Topliss-reactive ketones (excluding diaryl/α,β-unsaturated/α-hetero) is 1. The van der Waals surface area contributed by atoms with E-state index in [1.165, 1.54) is 12.5 Å². The van der Waals surface area contributed by atoms with Crippen LogP contribution in [-0.4, -0.2) is 18.5 Å². The maximum absolute atomic E-state index is 13.1. The molecule has 0 aromatic heterocycles. The van der Waals surface area contributed by atoms with Crippen molar-refractivity contribution in [2.45, 2.75) is 45.1 Å². The Balaban J connectivity index is 1.87. The van der Waals surface area contributed by atoms with E-state index in [-0.39, 0.29) is 24.1 Å². The third-order valence-electron chi connectivity index (χ3n) is 4.00. The van der Waals surface area contributed by atoms with Crippen molar-refractivity contribution in [1.82, 2.24) is 0 Å². The molecule has 1 aromatic rings. The quantitative estimate of drug-likeness (QED) is 0.759.